The summed E-state index contributed by atoms with van der Waals surface area (Å²) in [6.07, 6.45) is -9.84. The van der Waals surface area contributed by atoms with Crippen molar-refractivity contribution < 1.29 is 54.1 Å². The van der Waals surface area contributed by atoms with E-state index < -0.39 is 63.5 Å². The summed E-state index contributed by atoms with van der Waals surface area (Å²) in [5.74, 6) is -2.95. The Balaban J connectivity index is 1.33. The van der Waals surface area contributed by atoms with Crippen molar-refractivity contribution in [2.45, 2.75) is 12.4 Å². The number of nitrogens with zero attached hydrogens (tertiary/aromatic N) is 1. The van der Waals surface area contributed by atoms with Gasteiger partial charge in [0.1, 0.15) is 16.4 Å². The zero-order chi connectivity index (χ0) is 34.8. The number of nitrogens with one attached hydrogen (secondary N) is 2. The number of fused-ring (bicyclic) bond motifs is 1. The maximum Gasteiger partial charge on any atom is 0.419 e. The molecule has 2 fully saturated rings. The monoisotopic (exact) mass is 713 g/mol. The molecule has 2 aliphatic rings. The molecule has 48 heavy (non-hydrogen) atoms. The first-order chi connectivity index (χ1) is 22.5. The lowest BCUT2D eigenvalue weighted by Crippen LogP contribution is -2.67. The summed E-state index contributed by atoms with van der Waals surface area (Å²) in [5.41, 5.74) is -3.64. The minimum absolute atomic E-state index is 0.0107. The van der Waals surface area contributed by atoms with E-state index in [0.29, 0.717) is 48.1 Å². The number of hydrogen-bond donors (Lipinski definition) is 2. The van der Waals surface area contributed by atoms with Crippen LogP contribution in [0, 0.1) is 11.2 Å². The highest BCUT2D eigenvalue weighted by molar-refractivity contribution is 7.86. The van der Waals surface area contributed by atoms with E-state index >= 15 is 0 Å². The lowest BCUT2D eigenvalue weighted by atomic mass is 9.82. The number of alkyl halides is 6. The van der Waals surface area contributed by atoms with E-state index in [2.05, 4.69) is 10.6 Å². The molecule has 3 amide bonds. The highest BCUT2D eigenvalue weighted by atomic mass is 32.2. The van der Waals surface area contributed by atoms with Crippen LogP contribution in [0.25, 0.3) is 10.1 Å². The highest BCUT2D eigenvalue weighted by Crippen LogP contribution is 2.42. The number of thiophene rings is 1. The van der Waals surface area contributed by atoms with Gasteiger partial charge in [0.25, 0.3) is 17.7 Å². The Bertz CT molecular complexity index is 2010. The first-order valence-corrected chi connectivity index (χ1v) is 16.2. The van der Waals surface area contributed by atoms with Crippen LogP contribution >= 0.6 is 11.3 Å². The van der Waals surface area contributed by atoms with Crippen molar-refractivity contribution in [2.75, 3.05) is 42.3 Å². The average Bonchev–Trinajstić information content (AvgIpc) is 3.35. The van der Waals surface area contributed by atoms with Crippen LogP contribution in [0.3, 0.4) is 0 Å². The van der Waals surface area contributed by atoms with Gasteiger partial charge in [-0.3, -0.25) is 18.6 Å². The molecule has 3 aromatic carbocycles. The lowest BCUT2D eigenvalue weighted by Gasteiger charge is -2.54. The summed E-state index contributed by atoms with van der Waals surface area (Å²) in [7, 11) is 0.360. The highest BCUT2D eigenvalue weighted by Gasteiger charge is 2.53. The molecule has 0 aliphatic carbocycles. The number of anilines is 2. The van der Waals surface area contributed by atoms with Gasteiger partial charge in [-0.05, 0) is 48.5 Å². The summed E-state index contributed by atoms with van der Waals surface area (Å²) in [6.45, 7) is 0.811. The molecule has 8 nitrogen and oxygen atoms in total. The van der Waals surface area contributed by atoms with E-state index in [4.69, 9.17) is 4.74 Å². The molecule has 0 radical (unpaired) electrons. The van der Waals surface area contributed by atoms with Gasteiger partial charge in [0.15, 0.2) is 0 Å². The van der Waals surface area contributed by atoms with Gasteiger partial charge < -0.3 is 20.3 Å². The van der Waals surface area contributed by atoms with Crippen molar-refractivity contribution >= 4 is 61.3 Å². The van der Waals surface area contributed by atoms with E-state index in [9.17, 15) is 49.3 Å². The second-order valence-corrected chi connectivity index (χ2v) is 13.9. The molecular weight excluding hydrogens is 691 g/mol. The minimum atomic E-state index is -5.08. The van der Waals surface area contributed by atoms with Crippen LogP contribution < -0.4 is 15.4 Å². The number of hydrogen-bond acceptors (Lipinski definition) is 6. The minimum Gasteiger partial charge on any atom is -0.496 e. The van der Waals surface area contributed by atoms with Crippen LogP contribution in [0.2, 0.25) is 0 Å². The van der Waals surface area contributed by atoms with Gasteiger partial charge in [-0.2, -0.15) is 26.3 Å². The van der Waals surface area contributed by atoms with Crippen molar-refractivity contribution in [3.05, 3.63) is 87.5 Å². The van der Waals surface area contributed by atoms with Crippen LogP contribution in [-0.2, 0) is 23.2 Å². The molecule has 2 saturated heterocycles. The number of carbonyl (C=O) groups is 3. The number of likely N-dealkylation sites (tertiary alicyclic amines) is 1. The first kappa shape index (κ1) is 33.4. The molecule has 2 aliphatic heterocycles. The Labute approximate surface area is 273 Å². The Morgan fingerprint density at radius 2 is 1.60 bits per heavy atom. The first-order valence-electron chi connectivity index (χ1n) is 13.9. The Morgan fingerprint density at radius 1 is 0.896 bits per heavy atom. The summed E-state index contributed by atoms with van der Waals surface area (Å²) in [4.78, 5) is 41.4. The van der Waals surface area contributed by atoms with Gasteiger partial charge >= 0.3 is 12.4 Å². The average molecular weight is 714 g/mol. The van der Waals surface area contributed by atoms with E-state index in [1.165, 1.54) is 25.3 Å². The molecule has 17 heteroatoms. The third-order valence-electron chi connectivity index (χ3n) is 7.96. The van der Waals surface area contributed by atoms with Crippen molar-refractivity contribution in [1.29, 1.82) is 0 Å². The number of methoxy groups -OCH3 is 1. The van der Waals surface area contributed by atoms with Gasteiger partial charge in [0, 0.05) is 62.1 Å². The molecule has 1 spiro atoms. The number of benzene rings is 3. The molecule has 0 saturated carbocycles. The van der Waals surface area contributed by atoms with Crippen molar-refractivity contribution in [3.63, 3.8) is 0 Å². The topological polar surface area (TPSA) is 105 Å². The summed E-state index contributed by atoms with van der Waals surface area (Å²) >= 11 is 0.535. The predicted octanol–water partition coefficient (Wildman–Crippen LogP) is 6.80. The standard InChI is InChI=1S/C31H22F7N3O5S2/c1-46-22-7-2-15(28(44)41-11-29(12-41)13-48(45)14-29)8-19(22)26(42)40-24-18-5-3-16(30(33,34)35)9-23(18)47-25(24)27(43)39-17-4-6-21(32)20(10-17)31(36,37)38/h2-10H,11-14H2,1H3,(H,39,43)(H,40,42). The summed E-state index contributed by atoms with van der Waals surface area (Å²) < 4.78 is 111. The summed E-state index contributed by atoms with van der Waals surface area (Å²) in [5, 5.41) is 4.70. The van der Waals surface area contributed by atoms with Crippen LogP contribution in [-0.4, -0.2) is 58.5 Å². The normalized spacial score (nSPS) is 16.0. The Morgan fingerprint density at radius 3 is 2.23 bits per heavy atom. The van der Waals surface area contributed by atoms with Crippen LogP contribution in [0.5, 0.6) is 5.75 Å². The zero-order valence-electron chi connectivity index (χ0n) is 24.5. The molecule has 4 aromatic rings. The molecule has 1 aromatic heterocycles. The Hall–Kier alpha value is -4.51. The van der Waals surface area contributed by atoms with Gasteiger partial charge in [0.05, 0.1) is 29.5 Å². The second-order valence-electron chi connectivity index (χ2n) is 11.4. The van der Waals surface area contributed by atoms with Crippen LogP contribution in [0.4, 0.5) is 42.1 Å². The summed E-state index contributed by atoms with van der Waals surface area (Å²) in [6, 6.07) is 8.32. The lowest BCUT2D eigenvalue weighted by molar-refractivity contribution is -0.140. The van der Waals surface area contributed by atoms with Crippen LogP contribution in [0.15, 0.2) is 54.6 Å². The molecule has 3 heterocycles. The number of halogens is 7. The van der Waals surface area contributed by atoms with Crippen molar-refractivity contribution in [3.8, 4) is 5.75 Å². The maximum atomic E-state index is 13.8. The second kappa shape index (κ2) is 11.9. The third-order valence-corrected chi connectivity index (χ3v) is 11.0. The smallest absolute Gasteiger partial charge is 0.419 e. The molecule has 0 atom stereocenters. The van der Waals surface area contributed by atoms with Crippen molar-refractivity contribution in [2.24, 2.45) is 5.41 Å². The fraction of sp³-hybridized carbons (Fsp3) is 0.258. The van der Waals surface area contributed by atoms with Crippen molar-refractivity contribution in [1.82, 2.24) is 4.90 Å². The van der Waals surface area contributed by atoms with E-state index in [1.807, 2.05) is 0 Å². The quantitative estimate of drug-likeness (QED) is 0.214. The van der Waals surface area contributed by atoms with Crippen LogP contribution in [0.1, 0.15) is 41.5 Å². The Kier molecular flexibility index (Phi) is 8.26. The number of carbonyl (C=O) groups excluding carboxylic acids is 3. The molecule has 6 rings (SSSR count). The predicted molar refractivity (Wildman–Crippen MR) is 163 cm³/mol. The van der Waals surface area contributed by atoms with Gasteiger partial charge in [0.2, 0.25) is 0 Å². The van der Waals surface area contributed by atoms with E-state index in [0.717, 1.165) is 24.3 Å². The third kappa shape index (κ3) is 6.23. The maximum absolute atomic E-state index is 13.8. The molecular formula is C31H22F7N3O5S2. The molecule has 0 unspecified atom stereocenters. The van der Waals surface area contributed by atoms with Gasteiger partial charge in [-0.15, -0.1) is 11.3 Å². The van der Waals surface area contributed by atoms with E-state index in [1.54, 1.807) is 4.90 Å². The molecule has 252 valence electrons. The zero-order valence-corrected chi connectivity index (χ0v) is 26.1. The van der Waals surface area contributed by atoms with Gasteiger partial charge in [-0.25, -0.2) is 4.39 Å². The number of amides is 3. The SMILES string of the molecule is COc1ccc(C(=O)N2CC3(C2)CS(=O)C3)cc1C(=O)Nc1c(C(=O)Nc2ccc(F)c(C(F)(F)F)c2)sc2cc(C(F)(F)F)ccc12. The molecule has 2 N–H and O–H groups in total. The number of ether oxygens (including phenoxy) is 1. The van der Waals surface area contributed by atoms with Gasteiger partial charge in [-0.1, -0.05) is 6.07 Å². The fourth-order valence-electron chi connectivity index (χ4n) is 5.68. The number of rotatable bonds is 6. The van der Waals surface area contributed by atoms with E-state index in [-0.39, 0.29) is 42.9 Å². The molecule has 0 bridgehead atoms. The fourth-order valence-corrected chi connectivity index (χ4v) is 8.42. The largest absolute Gasteiger partial charge is 0.496 e.